The number of hydrogen-bond donors (Lipinski definition) is 1. The maximum atomic E-state index is 8.97. The molecule has 0 aromatic carbocycles. The van der Waals surface area contributed by atoms with E-state index >= 15 is 0 Å². The van der Waals surface area contributed by atoms with Gasteiger partial charge in [-0.15, -0.1) is 0 Å². The van der Waals surface area contributed by atoms with Crippen LogP contribution in [0, 0.1) is 17.8 Å². The van der Waals surface area contributed by atoms with Crippen LogP contribution in [0.15, 0.2) is 0 Å². The summed E-state index contributed by atoms with van der Waals surface area (Å²) in [5.41, 5.74) is 0. The van der Waals surface area contributed by atoms with Crippen molar-refractivity contribution in [1.29, 1.82) is 0 Å². The summed E-state index contributed by atoms with van der Waals surface area (Å²) in [5.74, 6) is 2.11. The quantitative estimate of drug-likeness (QED) is 0.535. The molecular formula is C8H12O2. The summed E-state index contributed by atoms with van der Waals surface area (Å²) < 4.78 is 5.46. The van der Waals surface area contributed by atoms with Gasteiger partial charge in [-0.2, -0.15) is 0 Å². The fourth-order valence-corrected chi connectivity index (χ4v) is 2.94. The van der Waals surface area contributed by atoms with Crippen molar-refractivity contribution in [1.82, 2.24) is 0 Å². The van der Waals surface area contributed by atoms with Crippen molar-refractivity contribution in [3.05, 3.63) is 0 Å². The molecule has 10 heavy (non-hydrogen) atoms. The van der Waals surface area contributed by atoms with Gasteiger partial charge >= 0.3 is 0 Å². The predicted octanol–water partition coefficient (Wildman–Crippen LogP) is 0.402. The summed E-state index contributed by atoms with van der Waals surface area (Å²) in [6.07, 6.45) is 3.74. The monoisotopic (exact) mass is 140 g/mol. The molecule has 2 bridgehead atoms. The normalized spacial score (nSPS) is 62.7. The highest BCUT2D eigenvalue weighted by molar-refractivity contribution is 5.10. The fourth-order valence-electron chi connectivity index (χ4n) is 2.94. The van der Waals surface area contributed by atoms with Crippen LogP contribution in [0.25, 0.3) is 0 Å². The van der Waals surface area contributed by atoms with Gasteiger partial charge in [0.1, 0.15) is 0 Å². The van der Waals surface area contributed by atoms with Crippen LogP contribution in [0.1, 0.15) is 12.8 Å². The van der Waals surface area contributed by atoms with Gasteiger partial charge in [0.25, 0.3) is 0 Å². The van der Waals surface area contributed by atoms with Crippen molar-refractivity contribution in [3.63, 3.8) is 0 Å². The van der Waals surface area contributed by atoms with E-state index in [1.807, 2.05) is 0 Å². The van der Waals surface area contributed by atoms with Gasteiger partial charge in [-0.05, 0) is 30.6 Å². The smallest absolute Gasteiger partial charge is 0.0876 e. The van der Waals surface area contributed by atoms with E-state index in [9.17, 15) is 0 Å². The largest absolute Gasteiger partial charge is 0.396 e. The Balaban J connectivity index is 1.85. The van der Waals surface area contributed by atoms with Gasteiger partial charge in [0.2, 0.25) is 0 Å². The Morgan fingerprint density at radius 2 is 2.20 bits per heavy atom. The highest BCUT2D eigenvalue weighted by Crippen LogP contribution is 2.58. The van der Waals surface area contributed by atoms with Crippen LogP contribution in [0.3, 0.4) is 0 Å². The second-order valence-corrected chi connectivity index (χ2v) is 3.90. The van der Waals surface area contributed by atoms with Crippen LogP contribution in [0.2, 0.25) is 0 Å². The molecule has 2 saturated carbocycles. The summed E-state index contributed by atoms with van der Waals surface area (Å²) in [5, 5.41) is 8.97. The van der Waals surface area contributed by atoms with Gasteiger partial charge in [-0.25, -0.2) is 0 Å². The molecule has 3 aliphatic rings. The first-order valence-electron chi connectivity index (χ1n) is 4.16. The summed E-state index contributed by atoms with van der Waals surface area (Å²) in [6, 6.07) is 0. The fraction of sp³-hybridized carbons (Fsp3) is 1.00. The Labute approximate surface area is 60.2 Å². The van der Waals surface area contributed by atoms with Crippen LogP contribution in [0.4, 0.5) is 0 Å². The number of epoxide rings is 1. The predicted molar refractivity (Wildman–Crippen MR) is 35.5 cm³/mol. The zero-order valence-corrected chi connectivity index (χ0v) is 5.86. The van der Waals surface area contributed by atoms with Crippen LogP contribution in [-0.2, 0) is 4.74 Å². The van der Waals surface area contributed by atoms with Crippen LogP contribution >= 0.6 is 0 Å². The van der Waals surface area contributed by atoms with Gasteiger partial charge in [-0.3, -0.25) is 0 Å². The highest BCUT2D eigenvalue weighted by Gasteiger charge is 2.62. The number of hydrogen-bond acceptors (Lipinski definition) is 2. The van der Waals surface area contributed by atoms with Crippen molar-refractivity contribution in [2.45, 2.75) is 25.0 Å². The third-order valence-electron chi connectivity index (χ3n) is 3.47. The molecule has 0 aromatic rings. The Bertz CT molecular complexity index is 169. The maximum Gasteiger partial charge on any atom is 0.0876 e. The van der Waals surface area contributed by atoms with E-state index in [1.165, 1.54) is 12.8 Å². The lowest BCUT2D eigenvalue weighted by Crippen LogP contribution is -2.20. The Hall–Kier alpha value is -0.0800. The van der Waals surface area contributed by atoms with Crippen LogP contribution in [-0.4, -0.2) is 23.9 Å². The molecule has 5 atom stereocenters. The number of rotatable bonds is 1. The third-order valence-corrected chi connectivity index (χ3v) is 3.47. The number of aliphatic hydroxyl groups is 1. The van der Waals surface area contributed by atoms with E-state index in [0.717, 1.165) is 11.8 Å². The first-order valence-corrected chi connectivity index (χ1v) is 4.16. The minimum absolute atomic E-state index is 0.383. The highest BCUT2D eigenvalue weighted by atomic mass is 16.6. The average Bonchev–Trinajstić information content (AvgIpc) is 2.58. The van der Waals surface area contributed by atoms with Gasteiger partial charge in [0.15, 0.2) is 0 Å². The zero-order valence-electron chi connectivity index (χ0n) is 5.86. The van der Waals surface area contributed by atoms with Crippen molar-refractivity contribution < 1.29 is 9.84 Å². The summed E-state index contributed by atoms with van der Waals surface area (Å²) in [7, 11) is 0. The molecule has 2 nitrogen and oxygen atoms in total. The molecule has 0 spiro atoms. The number of ether oxygens (including phenoxy) is 1. The molecule has 3 fully saturated rings. The third kappa shape index (κ3) is 0.487. The van der Waals surface area contributed by atoms with Crippen LogP contribution < -0.4 is 0 Å². The van der Waals surface area contributed by atoms with Crippen LogP contribution in [0.5, 0.6) is 0 Å². The Morgan fingerprint density at radius 1 is 1.30 bits per heavy atom. The maximum absolute atomic E-state index is 8.97. The van der Waals surface area contributed by atoms with E-state index in [-0.39, 0.29) is 0 Å². The van der Waals surface area contributed by atoms with Gasteiger partial charge in [0.05, 0.1) is 12.2 Å². The minimum atomic E-state index is 0.383. The van der Waals surface area contributed by atoms with E-state index in [4.69, 9.17) is 9.84 Å². The van der Waals surface area contributed by atoms with E-state index in [2.05, 4.69) is 0 Å². The van der Waals surface area contributed by atoms with Crippen molar-refractivity contribution in [3.8, 4) is 0 Å². The van der Waals surface area contributed by atoms with Crippen molar-refractivity contribution >= 4 is 0 Å². The lowest BCUT2D eigenvalue weighted by Gasteiger charge is -2.15. The van der Waals surface area contributed by atoms with E-state index in [1.54, 1.807) is 0 Å². The molecule has 1 heterocycles. The Morgan fingerprint density at radius 3 is 2.80 bits per heavy atom. The molecule has 2 aliphatic carbocycles. The lowest BCUT2D eigenvalue weighted by molar-refractivity contribution is 0.173. The average molecular weight is 140 g/mol. The molecule has 1 N–H and O–H groups in total. The van der Waals surface area contributed by atoms with Gasteiger partial charge in [-0.1, -0.05) is 0 Å². The standard InChI is InChI=1S/C8H12O2/c9-3-5-1-4-2-6(5)8-7(4)10-8/h4-9H,1-3H2/t4-,5+,6-,7+,8-/m1/s1. The first kappa shape index (κ1) is 5.56. The van der Waals surface area contributed by atoms with Crippen molar-refractivity contribution in [2.24, 2.45) is 17.8 Å². The summed E-state index contributed by atoms with van der Waals surface area (Å²) in [6.45, 7) is 0.383. The molecule has 1 saturated heterocycles. The molecule has 0 aromatic heterocycles. The molecule has 0 amide bonds. The molecule has 0 radical (unpaired) electrons. The molecule has 2 heteroatoms. The van der Waals surface area contributed by atoms with Gasteiger partial charge in [0, 0.05) is 6.61 Å². The zero-order chi connectivity index (χ0) is 6.72. The minimum Gasteiger partial charge on any atom is -0.396 e. The number of fused-ring (bicyclic) bond motifs is 5. The molecule has 56 valence electrons. The molecular weight excluding hydrogens is 128 g/mol. The molecule has 0 unspecified atom stereocenters. The summed E-state index contributed by atoms with van der Waals surface area (Å²) in [4.78, 5) is 0. The molecule has 1 aliphatic heterocycles. The Kier molecular flexibility index (Phi) is 0.868. The lowest BCUT2D eigenvalue weighted by atomic mass is 9.90. The first-order chi connectivity index (χ1) is 4.90. The van der Waals surface area contributed by atoms with E-state index < -0.39 is 0 Å². The second kappa shape index (κ2) is 1.56. The number of aliphatic hydroxyl groups excluding tert-OH is 1. The molecule has 3 rings (SSSR count). The van der Waals surface area contributed by atoms with E-state index in [0.29, 0.717) is 24.7 Å². The SMILES string of the molecule is OC[C@@H]1C[C@@H]2C[C@H]1[C@H]1O[C@@H]21. The van der Waals surface area contributed by atoms with Gasteiger partial charge < -0.3 is 9.84 Å². The summed E-state index contributed by atoms with van der Waals surface area (Å²) >= 11 is 0. The topological polar surface area (TPSA) is 32.8 Å². The van der Waals surface area contributed by atoms with Crippen molar-refractivity contribution in [2.75, 3.05) is 6.61 Å². The second-order valence-electron chi connectivity index (χ2n) is 3.90.